The van der Waals surface area contributed by atoms with Crippen LogP contribution >= 0.6 is 11.8 Å². The zero-order valence-electron chi connectivity index (χ0n) is 14.2. The van der Waals surface area contributed by atoms with Crippen molar-refractivity contribution < 1.29 is 0 Å². The van der Waals surface area contributed by atoms with Crippen LogP contribution in [0.5, 0.6) is 0 Å². The van der Waals surface area contributed by atoms with Gasteiger partial charge < -0.3 is 0 Å². The van der Waals surface area contributed by atoms with E-state index in [0.29, 0.717) is 4.48 Å². The molecule has 26 heavy (non-hydrogen) atoms. The third-order valence-corrected chi connectivity index (χ3v) is 6.09. The van der Waals surface area contributed by atoms with Gasteiger partial charge in [-0.05, 0) is 12.1 Å². The Morgan fingerprint density at radius 2 is 0.808 bits per heavy atom. The summed E-state index contributed by atoms with van der Waals surface area (Å²) in [4.78, 5) is 2.61. The Morgan fingerprint density at radius 1 is 0.423 bits per heavy atom. The number of benzene rings is 4. The summed E-state index contributed by atoms with van der Waals surface area (Å²) in [7, 11) is 0. The van der Waals surface area contributed by atoms with Gasteiger partial charge in [0.2, 0.25) is 0 Å². The molecule has 124 valence electrons. The fourth-order valence-corrected chi connectivity index (χ4v) is 5.05. The van der Waals surface area contributed by atoms with Gasteiger partial charge in [-0.15, -0.1) is 0 Å². The van der Waals surface area contributed by atoms with Gasteiger partial charge in [0.1, 0.15) is 11.4 Å². The second-order valence-corrected chi connectivity index (χ2v) is 7.46. The van der Waals surface area contributed by atoms with Crippen LogP contribution in [0.1, 0.15) is 0 Å². The second kappa shape index (κ2) is 6.17. The topological polar surface area (TPSA) is 0 Å². The molecule has 0 N–H and O–H groups in total. The second-order valence-electron chi connectivity index (χ2n) is 6.38. The molecule has 0 aromatic heterocycles. The minimum Gasteiger partial charge on any atom is -0.192 e. The van der Waals surface area contributed by atoms with Crippen molar-refractivity contribution in [1.29, 1.82) is 0 Å². The fourth-order valence-electron chi connectivity index (χ4n) is 3.90. The van der Waals surface area contributed by atoms with Crippen molar-refractivity contribution in [1.82, 2.24) is 4.48 Å². The smallest absolute Gasteiger partial charge is 0.162 e. The zero-order chi connectivity index (χ0) is 17.4. The third-order valence-electron chi connectivity index (χ3n) is 4.96. The van der Waals surface area contributed by atoms with Crippen LogP contribution < -0.4 is 4.48 Å². The molecular weight excluding hydrogens is 334 g/mol. The molecule has 0 amide bonds. The van der Waals surface area contributed by atoms with Gasteiger partial charge in [0.05, 0.1) is 9.79 Å². The number of fused-ring (bicyclic) bond motifs is 2. The maximum absolute atomic E-state index is 2.26. The van der Waals surface area contributed by atoms with Gasteiger partial charge in [-0.1, -0.05) is 72.4 Å². The van der Waals surface area contributed by atoms with Crippen molar-refractivity contribution in [2.75, 3.05) is 0 Å². The van der Waals surface area contributed by atoms with E-state index in [-0.39, 0.29) is 0 Å². The van der Waals surface area contributed by atoms with Crippen LogP contribution in [0.4, 0.5) is 22.7 Å². The summed E-state index contributed by atoms with van der Waals surface area (Å²) in [5.74, 6) is 0. The first-order chi connectivity index (χ1) is 12.9. The molecule has 0 bridgehead atoms. The van der Waals surface area contributed by atoms with E-state index in [2.05, 4.69) is 109 Å². The largest absolute Gasteiger partial charge is 0.192 e. The lowest BCUT2D eigenvalue weighted by atomic mass is 10.1. The lowest BCUT2D eigenvalue weighted by molar-refractivity contribution is 0.673. The molecule has 0 fully saturated rings. The molecule has 0 saturated carbocycles. The fraction of sp³-hybridized carbons (Fsp3) is 0. The third kappa shape index (κ3) is 2.16. The molecule has 2 heteroatoms. The minimum atomic E-state index is 0.612. The van der Waals surface area contributed by atoms with Crippen molar-refractivity contribution in [3.63, 3.8) is 0 Å². The van der Waals surface area contributed by atoms with Crippen molar-refractivity contribution >= 4 is 34.5 Å². The van der Waals surface area contributed by atoms with Crippen molar-refractivity contribution in [3.05, 3.63) is 109 Å². The van der Waals surface area contributed by atoms with E-state index in [1.54, 1.807) is 0 Å². The summed E-state index contributed by atoms with van der Waals surface area (Å²) in [6, 6.07) is 39.2. The van der Waals surface area contributed by atoms with Crippen LogP contribution in [-0.2, 0) is 0 Å². The number of nitrogens with zero attached hydrogens (tertiary/aromatic N) is 1. The van der Waals surface area contributed by atoms with Gasteiger partial charge in [0.15, 0.2) is 11.4 Å². The van der Waals surface area contributed by atoms with Gasteiger partial charge in [0.25, 0.3) is 0 Å². The van der Waals surface area contributed by atoms with Gasteiger partial charge in [-0.25, -0.2) is 0 Å². The Labute approximate surface area is 158 Å². The maximum atomic E-state index is 2.26. The maximum Gasteiger partial charge on any atom is 0.162 e. The van der Waals surface area contributed by atoms with Crippen LogP contribution in [0.2, 0.25) is 0 Å². The molecule has 1 heterocycles. The molecule has 0 unspecified atom stereocenters. The molecular formula is C24H18NS+. The summed E-state index contributed by atoms with van der Waals surface area (Å²) in [6.07, 6.45) is 0. The molecule has 1 aliphatic heterocycles. The lowest BCUT2D eigenvalue weighted by Gasteiger charge is -2.41. The molecule has 0 radical (unpaired) electrons. The summed E-state index contributed by atoms with van der Waals surface area (Å²) in [6.45, 7) is 0. The average molecular weight is 352 g/mol. The molecule has 1 aliphatic rings. The Kier molecular flexibility index (Phi) is 3.66. The van der Waals surface area contributed by atoms with Crippen LogP contribution in [0.25, 0.3) is 0 Å². The van der Waals surface area contributed by atoms with E-state index < -0.39 is 0 Å². The highest BCUT2D eigenvalue weighted by Crippen LogP contribution is 2.60. The Hall–Kier alpha value is -2.81. The highest BCUT2D eigenvalue weighted by molar-refractivity contribution is 7.99. The summed E-state index contributed by atoms with van der Waals surface area (Å²) < 4.78 is 0.612. The number of quaternary nitrogens is 1. The average Bonchev–Trinajstić information content (AvgIpc) is 2.73. The normalized spacial score (nSPS) is 14.3. The van der Waals surface area contributed by atoms with Crippen LogP contribution in [0.3, 0.4) is 0 Å². The molecule has 1 nitrogen and oxygen atoms in total. The van der Waals surface area contributed by atoms with Crippen LogP contribution in [0.15, 0.2) is 119 Å². The molecule has 0 saturated heterocycles. The molecule has 5 rings (SSSR count). The van der Waals surface area contributed by atoms with Gasteiger partial charge >= 0.3 is 0 Å². The Balaban J connectivity index is 1.97. The Morgan fingerprint density at radius 3 is 1.27 bits per heavy atom. The zero-order valence-corrected chi connectivity index (χ0v) is 15.1. The first-order valence-electron chi connectivity index (χ1n) is 8.78. The highest BCUT2D eigenvalue weighted by Gasteiger charge is 2.45. The number of hydrogen-bond donors (Lipinski definition) is 0. The SMILES string of the molecule is c1ccc([N+]2(c3ccccc3)c3ccccc3Sc3ccccc32)cc1. The van der Waals surface area contributed by atoms with Crippen molar-refractivity contribution in [2.45, 2.75) is 9.79 Å². The summed E-state index contributed by atoms with van der Waals surface area (Å²) in [5, 5.41) is 0. The summed E-state index contributed by atoms with van der Waals surface area (Å²) >= 11 is 1.86. The predicted octanol–water partition coefficient (Wildman–Crippen LogP) is 7.45. The first-order valence-corrected chi connectivity index (χ1v) is 9.60. The highest BCUT2D eigenvalue weighted by atomic mass is 32.2. The van der Waals surface area contributed by atoms with Gasteiger partial charge in [0, 0.05) is 36.4 Å². The molecule has 0 spiro atoms. The number of para-hydroxylation sites is 4. The minimum absolute atomic E-state index is 0.612. The van der Waals surface area contributed by atoms with Crippen LogP contribution in [-0.4, -0.2) is 0 Å². The monoisotopic (exact) mass is 352 g/mol. The Bertz CT molecular complexity index is 971. The molecule has 4 aromatic carbocycles. The van der Waals surface area contributed by atoms with E-state index in [0.717, 1.165) is 0 Å². The standard InChI is InChI=1S/C24H18NS/c1-3-11-19(12-4-1)25(20-13-5-2-6-14-20)21-15-7-9-17-23(21)26-24-18-10-8-16-22(24)25/h1-18H/q+1. The summed E-state index contributed by atoms with van der Waals surface area (Å²) in [5.41, 5.74) is 5.10. The van der Waals surface area contributed by atoms with Crippen LogP contribution in [0, 0.1) is 0 Å². The first kappa shape index (κ1) is 15.4. The molecule has 4 aromatic rings. The molecule has 0 atom stereocenters. The van der Waals surface area contributed by atoms with Gasteiger partial charge in [-0.3, -0.25) is 0 Å². The van der Waals surface area contributed by atoms with E-state index in [1.165, 1.54) is 32.5 Å². The van der Waals surface area contributed by atoms with E-state index in [4.69, 9.17) is 0 Å². The lowest BCUT2D eigenvalue weighted by Crippen LogP contribution is -2.35. The molecule has 0 aliphatic carbocycles. The van der Waals surface area contributed by atoms with E-state index >= 15 is 0 Å². The van der Waals surface area contributed by atoms with E-state index in [9.17, 15) is 0 Å². The number of rotatable bonds is 2. The van der Waals surface area contributed by atoms with Crippen molar-refractivity contribution in [2.24, 2.45) is 0 Å². The quantitative estimate of drug-likeness (QED) is 0.297. The van der Waals surface area contributed by atoms with Gasteiger partial charge in [-0.2, -0.15) is 4.48 Å². The predicted molar refractivity (Wildman–Crippen MR) is 111 cm³/mol. The number of hydrogen-bond acceptors (Lipinski definition) is 1. The van der Waals surface area contributed by atoms with E-state index in [1.807, 2.05) is 11.8 Å². The van der Waals surface area contributed by atoms with Crippen molar-refractivity contribution in [3.8, 4) is 0 Å².